The number of aliphatic imine (C=N–C) groups is 1. The molecule has 0 aliphatic carbocycles. The number of carbonyl (C=O) groups is 1. The topological polar surface area (TPSA) is 57.6 Å². The first-order valence-corrected chi connectivity index (χ1v) is 14.3. The summed E-state index contributed by atoms with van der Waals surface area (Å²) in [5, 5.41) is 0.646. The summed E-state index contributed by atoms with van der Waals surface area (Å²) in [7, 11) is 5.45. The number of halogens is 6. The lowest BCUT2D eigenvalue weighted by atomic mass is 10.0. The molecule has 43 heavy (non-hydrogen) atoms. The van der Waals surface area contributed by atoms with Crippen LogP contribution in [0.2, 0.25) is 0 Å². The highest BCUT2D eigenvalue weighted by Gasteiger charge is 2.38. The van der Waals surface area contributed by atoms with Gasteiger partial charge in [0.1, 0.15) is 6.61 Å². The SMILES string of the molecule is COc1cc(/C=C2/SC(N3CCN(CCCN(C)C)CC3)=NC2=O)ccc1OCc1ccc(C(F)(F)F)cc1C(F)(F)F. The minimum Gasteiger partial charge on any atom is -0.493 e. The molecule has 1 saturated heterocycles. The Hall–Kier alpha value is -3.23. The third-order valence-electron chi connectivity index (χ3n) is 6.94. The van der Waals surface area contributed by atoms with Crippen molar-refractivity contribution in [3.8, 4) is 11.5 Å². The molecular formula is C29H32F6N4O3S. The molecule has 0 unspecified atom stereocenters. The third-order valence-corrected chi connectivity index (χ3v) is 7.99. The van der Waals surface area contributed by atoms with Crippen LogP contribution < -0.4 is 9.47 Å². The second-order valence-corrected chi connectivity index (χ2v) is 11.4. The van der Waals surface area contributed by atoms with Crippen LogP contribution >= 0.6 is 11.8 Å². The molecule has 0 N–H and O–H groups in total. The number of thioether (sulfide) groups is 1. The number of ether oxygens (including phenoxy) is 2. The van der Waals surface area contributed by atoms with Crippen molar-refractivity contribution in [2.24, 2.45) is 4.99 Å². The molecule has 0 aromatic heterocycles. The van der Waals surface area contributed by atoms with E-state index in [9.17, 15) is 31.1 Å². The fourth-order valence-corrected chi connectivity index (χ4v) is 5.61. The number of nitrogens with zero attached hydrogens (tertiary/aromatic N) is 4. The standard InChI is InChI=1S/C29H32F6N4O3S/c1-37(2)9-4-10-38-11-13-39(14-12-38)27-36-26(40)25(43-27)16-19-5-8-23(24(15-19)41-3)42-18-20-6-7-21(28(30,31)32)17-22(20)29(33,34)35/h5-8,15-17H,4,9-14,18H2,1-3H3/b25-16+. The zero-order valence-electron chi connectivity index (χ0n) is 23.9. The number of rotatable bonds is 9. The van der Waals surface area contributed by atoms with E-state index in [1.54, 1.807) is 18.2 Å². The van der Waals surface area contributed by atoms with Gasteiger partial charge in [-0.2, -0.15) is 31.3 Å². The number of benzene rings is 2. The van der Waals surface area contributed by atoms with Gasteiger partial charge in [0.15, 0.2) is 16.7 Å². The lowest BCUT2D eigenvalue weighted by molar-refractivity contribution is -0.143. The number of hydrogen-bond acceptors (Lipinski definition) is 7. The van der Waals surface area contributed by atoms with Crippen molar-refractivity contribution >= 4 is 28.9 Å². The van der Waals surface area contributed by atoms with Crippen molar-refractivity contribution in [3.05, 3.63) is 63.6 Å². The molecule has 2 aliphatic heterocycles. The Bertz CT molecular complexity index is 1370. The maximum Gasteiger partial charge on any atom is 0.416 e. The highest BCUT2D eigenvalue weighted by atomic mass is 32.2. The van der Waals surface area contributed by atoms with Gasteiger partial charge in [-0.3, -0.25) is 9.69 Å². The first-order valence-electron chi connectivity index (χ1n) is 13.5. The Balaban J connectivity index is 1.39. The van der Waals surface area contributed by atoms with Crippen LogP contribution in [0.4, 0.5) is 26.3 Å². The normalized spacial score (nSPS) is 17.6. The van der Waals surface area contributed by atoms with Crippen molar-refractivity contribution in [3.63, 3.8) is 0 Å². The van der Waals surface area contributed by atoms with E-state index in [1.807, 2.05) is 0 Å². The molecule has 1 fully saturated rings. The van der Waals surface area contributed by atoms with E-state index in [0.717, 1.165) is 51.8 Å². The van der Waals surface area contributed by atoms with Crippen molar-refractivity contribution in [1.29, 1.82) is 0 Å². The number of carbonyl (C=O) groups excluding carboxylic acids is 1. The highest BCUT2D eigenvalue weighted by molar-refractivity contribution is 8.18. The lowest BCUT2D eigenvalue weighted by Crippen LogP contribution is -2.48. The summed E-state index contributed by atoms with van der Waals surface area (Å²) in [4.78, 5) is 23.9. The van der Waals surface area contributed by atoms with Crippen LogP contribution in [-0.4, -0.2) is 86.2 Å². The second kappa shape index (κ2) is 13.6. The zero-order chi connectivity index (χ0) is 31.4. The Kier molecular flexibility index (Phi) is 10.3. The summed E-state index contributed by atoms with van der Waals surface area (Å²) in [6.07, 6.45) is -7.19. The molecule has 4 rings (SSSR count). The second-order valence-electron chi connectivity index (χ2n) is 10.4. The van der Waals surface area contributed by atoms with Crippen LogP contribution in [0.1, 0.15) is 28.7 Å². The molecule has 2 aromatic carbocycles. The van der Waals surface area contributed by atoms with Crippen molar-refractivity contribution in [1.82, 2.24) is 14.7 Å². The number of methoxy groups -OCH3 is 1. The zero-order valence-corrected chi connectivity index (χ0v) is 24.7. The van der Waals surface area contributed by atoms with Crippen molar-refractivity contribution < 1.29 is 40.6 Å². The van der Waals surface area contributed by atoms with Crippen molar-refractivity contribution in [2.45, 2.75) is 25.4 Å². The quantitative estimate of drug-likeness (QED) is 0.255. The first kappa shape index (κ1) is 32.7. The fraction of sp³-hybridized carbons (Fsp3) is 0.448. The molecule has 0 atom stereocenters. The van der Waals surface area contributed by atoms with Crippen LogP contribution in [0.25, 0.3) is 6.08 Å². The van der Waals surface area contributed by atoms with Crippen LogP contribution in [0.5, 0.6) is 11.5 Å². The highest BCUT2D eigenvalue weighted by Crippen LogP contribution is 2.39. The number of amidine groups is 1. The maximum atomic E-state index is 13.5. The molecule has 0 saturated carbocycles. The molecule has 2 heterocycles. The van der Waals surface area contributed by atoms with Crippen LogP contribution in [0.3, 0.4) is 0 Å². The van der Waals surface area contributed by atoms with Gasteiger partial charge >= 0.3 is 12.4 Å². The van der Waals surface area contributed by atoms with Gasteiger partial charge in [-0.05, 0) is 81.3 Å². The largest absolute Gasteiger partial charge is 0.493 e. The number of hydrogen-bond donors (Lipinski definition) is 0. The smallest absolute Gasteiger partial charge is 0.416 e. The summed E-state index contributed by atoms with van der Waals surface area (Å²) in [5.41, 5.74) is -2.71. The van der Waals surface area contributed by atoms with Gasteiger partial charge in [0.2, 0.25) is 0 Å². The number of piperazine rings is 1. The molecule has 234 valence electrons. The molecule has 7 nitrogen and oxygen atoms in total. The average molecular weight is 631 g/mol. The van der Waals surface area contributed by atoms with E-state index in [4.69, 9.17) is 9.47 Å². The predicted octanol–water partition coefficient (Wildman–Crippen LogP) is 5.85. The summed E-state index contributed by atoms with van der Waals surface area (Å²) < 4.78 is 90.3. The molecule has 0 bridgehead atoms. The van der Waals surface area contributed by atoms with E-state index in [1.165, 1.54) is 24.9 Å². The van der Waals surface area contributed by atoms with E-state index < -0.39 is 35.6 Å². The van der Waals surface area contributed by atoms with E-state index in [2.05, 4.69) is 33.8 Å². The predicted molar refractivity (Wildman–Crippen MR) is 153 cm³/mol. The third kappa shape index (κ3) is 8.67. The molecule has 2 aromatic rings. The maximum absolute atomic E-state index is 13.5. The van der Waals surface area contributed by atoms with E-state index in [0.29, 0.717) is 21.7 Å². The summed E-state index contributed by atoms with van der Waals surface area (Å²) in [5.74, 6) is -0.102. The number of amides is 1. The summed E-state index contributed by atoms with van der Waals surface area (Å²) in [6, 6.07) is 6.02. The van der Waals surface area contributed by atoms with Crippen molar-refractivity contribution in [2.75, 3.05) is 60.5 Å². The van der Waals surface area contributed by atoms with Gasteiger partial charge < -0.3 is 19.3 Å². The molecule has 0 radical (unpaired) electrons. The molecule has 2 aliphatic rings. The van der Waals surface area contributed by atoms with Gasteiger partial charge in [0.25, 0.3) is 5.91 Å². The van der Waals surface area contributed by atoms with Gasteiger partial charge in [-0.1, -0.05) is 12.1 Å². The fourth-order valence-electron chi connectivity index (χ4n) is 4.65. The number of alkyl halides is 6. The minimum absolute atomic E-state index is 0.0736. The van der Waals surface area contributed by atoms with Crippen LogP contribution in [-0.2, 0) is 23.8 Å². The average Bonchev–Trinajstić information content (AvgIpc) is 3.31. The molecular weight excluding hydrogens is 598 g/mol. The Morgan fingerprint density at radius 3 is 2.33 bits per heavy atom. The Morgan fingerprint density at radius 2 is 1.70 bits per heavy atom. The summed E-state index contributed by atoms with van der Waals surface area (Å²) >= 11 is 1.28. The van der Waals surface area contributed by atoms with Gasteiger partial charge in [0, 0.05) is 31.7 Å². The van der Waals surface area contributed by atoms with Gasteiger partial charge in [0.05, 0.1) is 23.1 Å². The summed E-state index contributed by atoms with van der Waals surface area (Å²) in [6.45, 7) is 4.71. The molecule has 0 spiro atoms. The first-order chi connectivity index (χ1) is 20.2. The Morgan fingerprint density at radius 1 is 0.977 bits per heavy atom. The van der Waals surface area contributed by atoms with Gasteiger partial charge in [-0.15, -0.1) is 0 Å². The molecule has 14 heteroatoms. The van der Waals surface area contributed by atoms with Crippen LogP contribution in [0, 0.1) is 0 Å². The Labute approximate surface area is 250 Å². The molecule has 1 amide bonds. The van der Waals surface area contributed by atoms with Gasteiger partial charge in [-0.25, -0.2) is 0 Å². The monoisotopic (exact) mass is 630 g/mol. The van der Waals surface area contributed by atoms with E-state index >= 15 is 0 Å². The van der Waals surface area contributed by atoms with E-state index in [-0.39, 0.29) is 23.5 Å². The minimum atomic E-state index is -5.01. The van der Waals surface area contributed by atoms with Crippen LogP contribution in [0.15, 0.2) is 46.3 Å². The lowest BCUT2D eigenvalue weighted by Gasteiger charge is -2.35.